The Morgan fingerprint density at radius 3 is 2.73 bits per heavy atom. The number of phenolic OH excluding ortho intramolecular Hbond substituents is 1. The molecule has 0 aliphatic heterocycles. The first kappa shape index (κ1) is 11.5. The summed E-state index contributed by atoms with van der Waals surface area (Å²) in [5.41, 5.74) is 0.0590. The van der Waals surface area contributed by atoms with E-state index < -0.39 is 5.91 Å². The van der Waals surface area contributed by atoms with Crippen LogP contribution >= 0.6 is 11.6 Å². The van der Waals surface area contributed by atoms with Gasteiger partial charge in [-0.1, -0.05) is 11.6 Å². The van der Waals surface area contributed by atoms with Crippen LogP contribution in [0.1, 0.15) is 17.3 Å². The molecule has 0 saturated carbocycles. The summed E-state index contributed by atoms with van der Waals surface area (Å²) in [4.78, 5) is 22.1. The summed E-state index contributed by atoms with van der Waals surface area (Å²) >= 11 is 5.67. The number of amides is 1. The van der Waals surface area contributed by atoms with Gasteiger partial charge in [0.05, 0.1) is 12.1 Å². The molecule has 15 heavy (non-hydrogen) atoms. The van der Waals surface area contributed by atoms with Gasteiger partial charge < -0.3 is 10.4 Å². The molecule has 2 N–H and O–H groups in total. The monoisotopic (exact) mass is 227 g/mol. The lowest BCUT2D eigenvalue weighted by molar-refractivity contribution is -0.116. The Morgan fingerprint density at radius 2 is 2.13 bits per heavy atom. The van der Waals surface area contributed by atoms with Crippen molar-refractivity contribution in [2.45, 2.75) is 6.92 Å². The molecule has 1 aromatic carbocycles. The number of ketones is 1. The van der Waals surface area contributed by atoms with E-state index in [1.54, 1.807) is 0 Å². The van der Waals surface area contributed by atoms with Crippen molar-refractivity contribution in [3.8, 4) is 5.75 Å². The van der Waals surface area contributed by atoms with Gasteiger partial charge in [0.2, 0.25) is 0 Å². The quantitative estimate of drug-likeness (QED) is 0.820. The van der Waals surface area contributed by atoms with E-state index in [-0.39, 0.29) is 23.6 Å². The molecule has 0 spiro atoms. The Balaban J connectivity index is 2.81. The highest BCUT2D eigenvalue weighted by Crippen LogP contribution is 2.20. The van der Waals surface area contributed by atoms with Gasteiger partial charge in [-0.15, -0.1) is 0 Å². The number of Topliss-reactive ketones (excluding diaryl/α,β-unsaturated/α-hetero) is 1. The van der Waals surface area contributed by atoms with E-state index in [0.717, 1.165) is 0 Å². The largest absolute Gasteiger partial charge is 0.507 e. The minimum Gasteiger partial charge on any atom is -0.507 e. The van der Waals surface area contributed by atoms with E-state index in [4.69, 9.17) is 11.6 Å². The summed E-state index contributed by atoms with van der Waals surface area (Å²) in [7, 11) is 0. The first-order valence-corrected chi connectivity index (χ1v) is 4.64. The van der Waals surface area contributed by atoms with Crippen LogP contribution in [0.15, 0.2) is 18.2 Å². The van der Waals surface area contributed by atoms with E-state index in [0.29, 0.717) is 5.02 Å². The zero-order chi connectivity index (χ0) is 11.4. The lowest BCUT2D eigenvalue weighted by atomic mass is 10.2. The van der Waals surface area contributed by atoms with Crippen molar-refractivity contribution < 1.29 is 14.7 Å². The molecule has 0 aliphatic rings. The molecule has 80 valence electrons. The normalized spacial score (nSPS) is 9.73. The predicted molar refractivity (Wildman–Crippen MR) is 56.1 cm³/mol. The van der Waals surface area contributed by atoms with Crippen molar-refractivity contribution in [2.75, 3.05) is 6.54 Å². The molecule has 1 aromatic rings. The summed E-state index contributed by atoms with van der Waals surface area (Å²) in [6.45, 7) is 1.29. The van der Waals surface area contributed by atoms with E-state index in [2.05, 4.69) is 5.32 Å². The molecule has 0 saturated heterocycles. The predicted octanol–water partition coefficient (Wildman–Crippen LogP) is 1.36. The second kappa shape index (κ2) is 4.79. The van der Waals surface area contributed by atoms with Crippen molar-refractivity contribution in [3.05, 3.63) is 28.8 Å². The van der Waals surface area contributed by atoms with Gasteiger partial charge in [-0.25, -0.2) is 0 Å². The van der Waals surface area contributed by atoms with Gasteiger partial charge in [-0.2, -0.15) is 0 Å². The zero-order valence-electron chi connectivity index (χ0n) is 8.08. The summed E-state index contributed by atoms with van der Waals surface area (Å²) < 4.78 is 0. The highest BCUT2D eigenvalue weighted by atomic mass is 35.5. The van der Waals surface area contributed by atoms with E-state index in [1.165, 1.54) is 25.1 Å². The molecule has 0 aromatic heterocycles. The molecule has 1 rings (SSSR count). The topological polar surface area (TPSA) is 66.4 Å². The SMILES string of the molecule is CC(=O)CNC(=O)c1cc(Cl)ccc1O. The van der Waals surface area contributed by atoms with Gasteiger partial charge in [-0.3, -0.25) is 9.59 Å². The smallest absolute Gasteiger partial charge is 0.255 e. The number of halogens is 1. The Morgan fingerprint density at radius 1 is 1.47 bits per heavy atom. The van der Waals surface area contributed by atoms with Crippen molar-refractivity contribution in [2.24, 2.45) is 0 Å². The van der Waals surface area contributed by atoms with E-state index in [1.807, 2.05) is 0 Å². The van der Waals surface area contributed by atoms with E-state index in [9.17, 15) is 14.7 Å². The average molecular weight is 228 g/mol. The third-order valence-electron chi connectivity index (χ3n) is 1.70. The van der Waals surface area contributed by atoms with Crippen LogP contribution in [0.2, 0.25) is 5.02 Å². The number of rotatable bonds is 3. The third kappa shape index (κ3) is 3.25. The Kier molecular flexibility index (Phi) is 3.68. The van der Waals surface area contributed by atoms with E-state index >= 15 is 0 Å². The number of benzene rings is 1. The van der Waals surface area contributed by atoms with Crippen LogP contribution in [-0.4, -0.2) is 23.3 Å². The maximum Gasteiger partial charge on any atom is 0.255 e. The van der Waals surface area contributed by atoms with Crippen molar-refractivity contribution in [1.82, 2.24) is 5.32 Å². The molecule has 4 nitrogen and oxygen atoms in total. The lowest BCUT2D eigenvalue weighted by Crippen LogP contribution is -2.28. The number of nitrogens with one attached hydrogen (secondary N) is 1. The highest BCUT2D eigenvalue weighted by molar-refractivity contribution is 6.31. The maximum atomic E-state index is 11.4. The van der Waals surface area contributed by atoms with Gasteiger partial charge in [0.25, 0.3) is 5.91 Å². The van der Waals surface area contributed by atoms with Crippen molar-refractivity contribution in [3.63, 3.8) is 0 Å². The minimum absolute atomic E-state index is 0.0590. The number of hydrogen-bond acceptors (Lipinski definition) is 3. The fraction of sp³-hybridized carbons (Fsp3) is 0.200. The van der Waals surface area contributed by atoms with Crippen molar-refractivity contribution in [1.29, 1.82) is 0 Å². The van der Waals surface area contributed by atoms with Gasteiger partial charge in [0, 0.05) is 5.02 Å². The summed E-state index contributed by atoms with van der Waals surface area (Å²) in [6.07, 6.45) is 0. The van der Waals surface area contributed by atoms with Gasteiger partial charge in [0.15, 0.2) is 0 Å². The maximum absolute atomic E-state index is 11.4. The molecule has 0 heterocycles. The summed E-state index contributed by atoms with van der Waals surface area (Å²) in [6, 6.07) is 4.13. The fourth-order valence-electron chi connectivity index (χ4n) is 0.990. The molecule has 0 radical (unpaired) electrons. The zero-order valence-corrected chi connectivity index (χ0v) is 8.84. The Bertz CT molecular complexity index is 404. The number of carbonyl (C=O) groups is 2. The van der Waals surface area contributed by atoms with Gasteiger partial charge >= 0.3 is 0 Å². The van der Waals surface area contributed by atoms with Crippen LogP contribution < -0.4 is 5.32 Å². The number of aromatic hydroxyl groups is 1. The number of hydrogen-bond donors (Lipinski definition) is 2. The fourth-order valence-corrected chi connectivity index (χ4v) is 1.16. The van der Waals surface area contributed by atoms with Crippen LogP contribution in [0, 0.1) is 0 Å². The van der Waals surface area contributed by atoms with Crippen LogP contribution in [0.5, 0.6) is 5.75 Å². The average Bonchev–Trinajstić information content (AvgIpc) is 2.18. The van der Waals surface area contributed by atoms with Crippen molar-refractivity contribution >= 4 is 23.3 Å². The molecule has 0 aliphatic carbocycles. The number of phenols is 1. The molecule has 1 amide bonds. The van der Waals surface area contributed by atoms with Crippen LogP contribution in [-0.2, 0) is 4.79 Å². The standard InChI is InChI=1S/C10H10ClNO3/c1-6(13)5-12-10(15)8-4-7(11)2-3-9(8)14/h2-4,14H,5H2,1H3,(H,12,15). The summed E-state index contributed by atoms with van der Waals surface area (Å²) in [5, 5.41) is 12.1. The van der Waals surface area contributed by atoms with Crippen LogP contribution in [0.3, 0.4) is 0 Å². The highest BCUT2D eigenvalue weighted by Gasteiger charge is 2.11. The summed E-state index contributed by atoms with van der Waals surface area (Å²) in [5.74, 6) is -0.851. The Labute approximate surface area is 91.9 Å². The molecular formula is C10H10ClNO3. The van der Waals surface area contributed by atoms with Gasteiger partial charge in [-0.05, 0) is 25.1 Å². The van der Waals surface area contributed by atoms with Crippen LogP contribution in [0.4, 0.5) is 0 Å². The first-order valence-electron chi connectivity index (χ1n) is 4.27. The second-order valence-corrected chi connectivity index (χ2v) is 3.48. The third-order valence-corrected chi connectivity index (χ3v) is 1.94. The molecule has 5 heteroatoms. The molecule has 0 unspecified atom stereocenters. The second-order valence-electron chi connectivity index (χ2n) is 3.05. The van der Waals surface area contributed by atoms with Crippen LogP contribution in [0.25, 0.3) is 0 Å². The lowest BCUT2D eigenvalue weighted by Gasteiger charge is -2.05. The minimum atomic E-state index is -0.523. The Hall–Kier alpha value is -1.55. The molecule has 0 atom stereocenters. The number of carbonyl (C=O) groups excluding carboxylic acids is 2. The molecule has 0 fully saturated rings. The molecular weight excluding hydrogens is 218 g/mol. The van der Waals surface area contributed by atoms with Gasteiger partial charge in [0.1, 0.15) is 11.5 Å². The molecule has 0 bridgehead atoms. The first-order chi connectivity index (χ1) is 7.00.